The minimum Gasteiger partial charge on any atom is -0.874 e. The Morgan fingerprint density at radius 3 is 2.85 bits per heavy atom. The van der Waals surface area contributed by atoms with Crippen LogP contribution in [0.25, 0.3) is 6.08 Å². The Hall–Kier alpha value is -2.64. The minimum absolute atomic E-state index is 0.0623. The molecule has 20 heavy (non-hydrogen) atoms. The monoisotopic (exact) mass is 276 g/mol. The normalized spacial score (nSPS) is 11.7. The zero-order chi connectivity index (χ0) is 14.7. The van der Waals surface area contributed by atoms with E-state index in [1.807, 2.05) is 0 Å². The predicted molar refractivity (Wildman–Crippen MR) is 68.8 cm³/mol. The second kappa shape index (κ2) is 5.55. The molecule has 0 fully saturated rings. The molecule has 2 heterocycles. The van der Waals surface area contributed by atoms with Gasteiger partial charge in [-0.1, -0.05) is 11.3 Å². The van der Waals surface area contributed by atoms with Crippen molar-refractivity contribution < 1.29 is 9.84 Å². The van der Waals surface area contributed by atoms with Crippen LogP contribution in [0.15, 0.2) is 22.9 Å². The summed E-state index contributed by atoms with van der Waals surface area (Å²) in [5, 5.41) is 19.5. The number of allylic oxidation sites excluding steroid dienone is 1. The van der Waals surface area contributed by atoms with Gasteiger partial charge in [-0.3, -0.25) is 0 Å². The number of hydrogen-bond acceptors (Lipinski definition) is 6. The average molecular weight is 276 g/mol. The van der Waals surface area contributed by atoms with Crippen molar-refractivity contribution in [2.45, 2.75) is 13.5 Å². The molecule has 0 aromatic carbocycles. The van der Waals surface area contributed by atoms with Crippen LogP contribution in [-0.2, 0) is 13.6 Å². The van der Waals surface area contributed by atoms with Crippen LogP contribution < -0.4 is 15.5 Å². The zero-order valence-corrected chi connectivity index (χ0v) is 11.4. The maximum atomic E-state index is 11.9. The third kappa shape index (κ3) is 3.02. The van der Waals surface area contributed by atoms with E-state index >= 15 is 0 Å². The smallest absolute Gasteiger partial charge is 0.350 e. The van der Waals surface area contributed by atoms with Crippen molar-refractivity contribution in [3.8, 4) is 5.88 Å². The molecule has 2 aromatic heterocycles. The van der Waals surface area contributed by atoms with E-state index in [2.05, 4.69) is 15.3 Å². The fourth-order valence-corrected chi connectivity index (χ4v) is 1.66. The van der Waals surface area contributed by atoms with Crippen molar-refractivity contribution in [2.75, 3.05) is 7.11 Å². The second-order valence-corrected chi connectivity index (χ2v) is 4.27. The maximum Gasteiger partial charge on any atom is 0.350 e. The summed E-state index contributed by atoms with van der Waals surface area (Å²) < 4.78 is 7.71. The first kappa shape index (κ1) is 13.8. The van der Waals surface area contributed by atoms with Crippen molar-refractivity contribution >= 4 is 6.08 Å². The molecule has 0 unspecified atom stereocenters. The second-order valence-electron chi connectivity index (χ2n) is 4.27. The molecule has 0 saturated carbocycles. The molecule has 0 amide bonds. The first-order chi connectivity index (χ1) is 9.49. The number of hydrogen-bond donors (Lipinski definition) is 0. The van der Waals surface area contributed by atoms with Crippen LogP contribution in [0.4, 0.5) is 0 Å². The molecule has 8 nitrogen and oxygen atoms in total. The van der Waals surface area contributed by atoms with Crippen molar-refractivity contribution in [3.05, 3.63) is 39.9 Å². The van der Waals surface area contributed by atoms with Gasteiger partial charge in [-0.05, 0) is 6.92 Å². The quantitative estimate of drug-likeness (QED) is 0.670. The number of methoxy groups -OCH3 is 1. The fraction of sp³-hybridized carbons (Fsp3) is 0.333. The Labute approximate surface area is 115 Å². The lowest BCUT2D eigenvalue weighted by Crippen LogP contribution is -2.21. The summed E-state index contributed by atoms with van der Waals surface area (Å²) in [5.74, 6) is -0.0788. The Bertz CT molecular complexity index is 701. The topological polar surface area (TPSA) is 97.9 Å². The third-order valence-electron chi connectivity index (χ3n) is 2.56. The van der Waals surface area contributed by atoms with Crippen LogP contribution in [0.5, 0.6) is 5.88 Å². The zero-order valence-electron chi connectivity index (χ0n) is 11.4. The van der Waals surface area contributed by atoms with Gasteiger partial charge in [0.05, 0.1) is 24.9 Å². The summed E-state index contributed by atoms with van der Waals surface area (Å²) in [6.07, 6.45) is 4.53. The molecule has 0 radical (unpaired) electrons. The van der Waals surface area contributed by atoms with Gasteiger partial charge < -0.3 is 14.4 Å². The number of aromatic nitrogens is 5. The van der Waals surface area contributed by atoms with Crippen LogP contribution in [-0.4, -0.2) is 31.7 Å². The predicted octanol–water partition coefficient (Wildman–Crippen LogP) is -0.910. The summed E-state index contributed by atoms with van der Waals surface area (Å²) in [6, 6.07) is 0. The fourth-order valence-electron chi connectivity index (χ4n) is 1.66. The Morgan fingerprint density at radius 2 is 2.25 bits per heavy atom. The van der Waals surface area contributed by atoms with E-state index in [4.69, 9.17) is 4.74 Å². The van der Waals surface area contributed by atoms with E-state index in [1.54, 1.807) is 20.2 Å². The molecule has 8 heteroatoms. The Morgan fingerprint density at radius 1 is 1.50 bits per heavy atom. The summed E-state index contributed by atoms with van der Waals surface area (Å²) in [4.78, 5) is 15.1. The molecule has 106 valence electrons. The number of aryl methyl sites for hydroxylation is 2. The molecular formula is C12H14N5O3-. The Balaban J connectivity index is 2.29. The van der Waals surface area contributed by atoms with E-state index in [0.29, 0.717) is 5.56 Å². The van der Waals surface area contributed by atoms with Gasteiger partial charge in [0.25, 0.3) is 0 Å². The van der Waals surface area contributed by atoms with E-state index < -0.39 is 5.69 Å². The molecule has 0 aliphatic rings. The third-order valence-corrected chi connectivity index (χ3v) is 2.56. The van der Waals surface area contributed by atoms with Crippen molar-refractivity contribution in [1.29, 1.82) is 0 Å². The van der Waals surface area contributed by atoms with E-state index in [0.717, 1.165) is 5.69 Å². The highest BCUT2D eigenvalue weighted by Gasteiger charge is 2.05. The largest absolute Gasteiger partial charge is 0.874 e. The molecule has 0 saturated heterocycles. The van der Waals surface area contributed by atoms with Gasteiger partial charge in [0.2, 0.25) is 5.88 Å². The van der Waals surface area contributed by atoms with Crippen LogP contribution in [0.3, 0.4) is 0 Å². The molecule has 0 spiro atoms. The van der Waals surface area contributed by atoms with Crippen molar-refractivity contribution in [3.63, 3.8) is 0 Å². The molecule has 2 rings (SSSR count). The highest BCUT2D eigenvalue weighted by molar-refractivity contribution is 5.54. The van der Waals surface area contributed by atoms with Crippen molar-refractivity contribution in [2.24, 2.45) is 7.05 Å². The van der Waals surface area contributed by atoms with Gasteiger partial charge >= 0.3 is 5.69 Å². The van der Waals surface area contributed by atoms with E-state index in [-0.39, 0.29) is 18.2 Å². The molecule has 0 aliphatic carbocycles. The molecular weight excluding hydrogens is 262 g/mol. The van der Waals surface area contributed by atoms with Gasteiger partial charge in [0.1, 0.15) is 0 Å². The summed E-state index contributed by atoms with van der Waals surface area (Å²) >= 11 is 0. The van der Waals surface area contributed by atoms with Crippen LogP contribution in [0, 0.1) is 6.92 Å². The Kier molecular flexibility index (Phi) is 3.83. The van der Waals surface area contributed by atoms with Crippen LogP contribution >= 0.6 is 0 Å². The van der Waals surface area contributed by atoms with Crippen LogP contribution in [0.2, 0.25) is 0 Å². The number of ether oxygens (including phenoxy) is 1. The molecule has 0 aliphatic heterocycles. The summed E-state index contributed by atoms with van der Waals surface area (Å²) in [6.45, 7) is 1.85. The van der Waals surface area contributed by atoms with Gasteiger partial charge in [-0.25, -0.2) is 9.48 Å². The lowest BCUT2D eigenvalue weighted by molar-refractivity contribution is -0.306. The van der Waals surface area contributed by atoms with Crippen molar-refractivity contribution in [1.82, 2.24) is 24.5 Å². The summed E-state index contributed by atoms with van der Waals surface area (Å²) in [7, 11) is 2.95. The lowest BCUT2D eigenvalue weighted by Gasteiger charge is -2.13. The molecule has 2 aromatic rings. The number of nitrogens with zero attached hydrogens (tertiary/aromatic N) is 5. The van der Waals surface area contributed by atoms with Gasteiger partial charge in [-0.15, -0.1) is 10.9 Å². The van der Waals surface area contributed by atoms with Gasteiger partial charge in [0.15, 0.2) is 0 Å². The molecule has 0 atom stereocenters. The lowest BCUT2D eigenvalue weighted by atomic mass is 10.2. The van der Waals surface area contributed by atoms with E-state index in [1.165, 1.54) is 28.6 Å². The van der Waals surface area contributed by atoms with Crippen LogP contribution in [0.1, 0.15) is 11.3 Å². The molecule has 0 N–H and O–H groups in total. The van der Waals surface area contributed by atoms with Gasteiger partial charge in [0, 0.05) is 19.4 Å². The maximum absolute atomic E-state index is 11.9. The minimum atomic E-state index is -0.446. The SMILES string of the molecule is COc1nc(=O)n(C)cc1/C=C(\[O-])Cn1cc(C)nn1. The highest BCUT2D eigenvalue weighted by Crippen LogP contribution is 2.14. The molecule has 0 bridgehead atoms. The first-order valence-corrected chi connectivity index (χ1v) is 5.85. The summed E-state index contributed by atoms with van der Waals surface area (Å²) in [5.41, 5.74) is 0.731. The van der Waals surface area contributed by atoms with E-state index in [9.17, 15) is 9.90 Å². The first-order valence-electron chi connectivity index (χ1n) is 5.85. The standard InChI is InChI=1S/C12H15N5O3/c1-8-5-17(15-14-8)7-10(18)4-9-6-16(2)12(19)13-11(9)20-3/h4-6,18H,7H2,1-3H3/p-1/b10-4-. The number of rotatable bonds is 4. The average Bonchev–Trinajstić information content (AvgIpc) is 2.78. The highest BCUT2D eigenvalue weighted by atomic mass is 16.5. The van der Waals surface area contributed by atoms with Gasteiger partial charge in [-0.2, -0.15) is 4.98 Å².